The molecular formula is C24H30N4O2. The fourth-order valence-corrected chi connectivity index (χ4v) is 3.76. The van der Waals surface area contributed by atoms with Crippen molar-refractivity contribution in [3.8, 4) is 0 Å². The molecule has 1 saturated carbocycles. The standard InChI is InChI=1S/C24H30N4O2/c29-23(16-25-24(30)21-8-9-21)26-22-10-6-20(7-11-22)18-28-14-12-27(13-15-28)17-19-4-2-1-3-5-19/h1-7,10-11,21H,8-9,12-18H2,(H,25,30)(H,26,29). The lowest BCUT2D eigenvalue weighted by Gasteiger charge is -2.34. The Morgan fingerprint density at radius 1 is 0.800 bits per heavy atom. The molecule has 2 aromatic rings. The van der Waals surface area contributed by atoms with Crippen LogP contribution in [0, 0.1) is 5.92 Å². The van der Waals surface area contributed by atoms with E-state index in [9.17, 15) is 9.59 Å². The highest BCUT2D eigenvalue weighted by molar-refractivity contribution is 5.95. The zero-order chi connectivity index (χ0) is 20.8. The molecule has 4 rings (SSSR count). The van der Waals surface area contributed by atoms with Crippen molar-refractivity contribution in [3.05, 3.63) is 65.7 Å². The molecule has 6 nitrogen and oxygen atoms in total. The van der Waals surface area contributed by atoms with Gasteiger partial charge < -0.3 is 10.6 Å². The first kappa shape index (κ1) is 20.6. The molecule has 2 N–H and O–H groups in total. The van der Waals surface area contributed by atoms with E-state index < -0.39 is 0 Å². The van der Waals surface area contributed by atoms with E-state index in [4.69, 9.17) is 0 Å². The van der Waals surface area contributed by atoms with Gasteiger partial charge in [-0.05, 0) is 36.1 Å². The number of anilines is 1. The third-order valence-corrected chi connectivity index (χ3v) is 5.73. The lowest BCUT2D eigenvalue weighted by Crippen LogP contribution is -2.45. The average molecular weight is 407 g/mol. The van der Waals surface area contributed by atoms with Gasteiger partial charge in [0.15, 0.2) is 0 Å². The van der Waals surface area contributed by atoms with Crippen LogP contribution < -0.4 is 10.6 Å². The van der Waals surface area contributed by atoms with E-state index >= 15 is 0 Å². The van der Waals surface area contributed by atoms with Gasteiger partial charge in [0.05, 0.1) is 6.54 Å². The molecule has 0 spiro atoms. The molecule has 30 heavy (non-hydrogen) atoms. The van der Waals surface area contributed by atoms with E-state index in [0.717, 1.165) is 57.8 Å². The van der Waals surface area contributed by atoms with Crippen LogP contribution in [0.1, 0.15) is 24.0 Å². The third kappa shape index (κ3) is 6.15. The zero-order valence-electron chi connectivity index (χ0n) is 17.3. The van der Waals surface area contributed by atoms with E-state index in [0.29, 0.717) is 0 Å². The summed E-state index contributed by atoms with van der Waals surface area (Å²) in [6.07, 6.45) is 1.88. The normalized spacial score (nSPS) is 17.5. The van der Waals surface area contributed by atoms with Crippen molar-refractivity contribution in [2.45, 2.75) is 25.9 Å². The lowest BCUT2D eigenvalue weighted by atomic mass is 10.1. The fraction of sp³-hybridized carbons (Fsp3) is 0.417. The van der Waals surface area contributed by atoms with E-state index in [1.165, 1.54) is 11.1 Å². The Morgan fingerprint density at radius 2 is 1.37 bits per heavy atom. The second kappa shape index (κ2) is 9.87. The zero-order valence-corrected chi connectivity index (χ0v) is 17.3. The maximum atomic E-state index is 12.0. The highest BCUT2D eigenvalue weighted by Crippen LogP contribution is 2.28. The minimum atomic E-state index is -0.189. The predicted octanol–water partition coefficient (Wildman–Crippen LogP) is 2.47. The monoisotopic (exact) mass is 406 g/mol. The van der Waals surface area contributed by atoms with Crippen LogP contribution in [0.3, 0.4) is 0 Å². The van der Waals surface area contributed by atoms with Gasteiger partial charge in [-0.25, -0.2) is 0 Å². The highest BCUT2D eigenvalue weighted by Gasteiger charge is 2.29. The van der Waals surface area contributed by atoms with Gasteiger partial charge in [-0.3, -0.25) is 19.4 Å². The summed E-state index contributed by atoms with van der Waals surface area (Å²) in [6.45, 7) is 6.25. The maximum Gasteiger partial charge on any atom is 0.243 e. The Morgan fingerprint density at radius 3 is 1.93 bits per heavy atom. The first-order valence-electron chi connectivity index (χ1n) is 10.8. The van der Waals surface area contributed by atoms with E-state index in [2.05, 4.69) is 62.9 Å². The van der Waals surface area contributed by atoms with E-state index in [1.807, 2.05) is 12.1 Å². The third-order valence-electron chi connectivity index (χ3n) is 5.73. The summed E-state index contributed by atoms with van der Waals surface area (Å²) in [6, 6.07) is 18.6. The van der Waals surface area contributed by atoms with Crippen molar-refractivity contribution in [1.82, 2.24) is 15.1 Å². The minimum absolute atomic E-state index is 0.00985. The van der Waals surface area contributed by atoms with Crippen molar-refractivity contribution >= 4 is 17.5 Å². The number of nitrogens with zero attached hydrogens (tertiary/aromatic N) is 2. The number of hydrogen-bond donors (Lipinski definition) is 2. The highest BCUT2D eigenvalue weighted by atomic mass is 16.2. The number of nitrogens with one attached hydrogen (secondary N) is 2. The van der Waals surface area contributed by atoms with Gasteiger partial charge in [0.1, 0.15) is 0 Å². The van der Waals surface area contributed by atoms with Crippen LogP contribution >= 0.6 is 0 Å². The SMILES string of the molecule is O=C(CNC(=O)C1CC1)Nc1ccc(CN2CCN(Cc3ccccc3)CC2)cc1. The molecule has 158 valence electrons. The van der Waals surface area contributed by atoms with Crippen molar-refractivity contribution in [1.29, 1.82) is 0 Å². The van der Waals surface area contributed by atoms with Crippen molar-refractivity contribution in [2.75, 3.05) is 38.0 Å². The molecule has 2 aromatic carbocycles. The van der Waals surface area contributed by atoms with Gasteiger partial charge >= 0.3 is 0 Å². The molecule has 1 saturated heterocycles. The first-order valence-corrected chi connectivity index (χ1v) is 10.8. The second-order valence-electron chi connectivity index (χ2n) is 8.28. The molecular weight excluding hydrogens is 376 g/mol. The van der Waals surface area contributed by atoms with Gasteiger partial charge in [-0.2, -0.15) is 0 Å². The van der Waals surface area contributed by atoms with Crippen molar-refractivity contribution in [3.63, 3.8) is 0 Å². The Hall–Kier alpha value is -2.70. The quantitative estimate of drug-likeness (QED) is 0.707. The molecule has 0 bridgehead atoms. The average Bonchev–Trinajstić information content (AvgIpc) is 3.61. The smallest absolute Gasteiger partial charge is 0.243 e. The molecule has 0 atom stereocenters. The largest absolute Gasteiger partial charge is 0.347 e. The van der Waals surface area contributed by atoms with Crippen LogP contribution in [0.5, 0.6) is 0 Å². The molecule has 1 aliphatic heterocycles. The Balaban J connectivity index is 1.17. The number of piperazine rings is 1. The van der Waals surface area contributed by atoms with Gasteiger partial charge in [-0.15, -0.1) is 0 Å². The molecule has 1 aliphatic carbocycles. The number of hydrogen-bond acceptors (Lipinski definition) is 4. The maximum absolute atomic E-state index is 12.0. The van der Waals surface area contributed by atoms with Crippen molar-refractivity contribution in [2.24, 2.45) is 5.92 Å². The van der Waals surface area contributed by atoms with Crippen molar-refractivity contribution < 1.29 is 9.59 Å². The number of rotatable bonds is 8. The van der Waals surface area contributed by atoms with Crippen LogP contribution in [0.2, 0.25) is 0 Å². The van der Waals surface area contributed by atoms with Crippen LogP contribution in [0.4, 0.5) is 5.69 Å². The number of carbonyl (C=O) groups is 2. The van der Waals surface area contributed by atoms with Gasteiger partial charge in [0, 0.05) is 50.9 Å². The summed E-state index contributed by atoms with van der Waals surface area (Å²) >= 11 is 0. The van der Waals surface area contributed by atoms with E-state index in [1.54, 1.807) is 0 Å². The number of benzene rings is 2. The summed E-state index contributed by atoms with van der Waals surface area (Å²) < 4.78 is 0. The Labute approximate surface area is 178 Å². The molecule has 6 heteroatoms. The summed E-state index contributed by atoms with van der Waals surface area (Å²) in [5, 5.41) is 5.53. The topological polar surface area (TPSA) is 64.7 Å². The summed E-state index contributed by atoms with van der Waals surface area (Å²) in [4.78, 5) is 28.6. The molecule has 0 radical (unpaired) electrons. The van der Waals surface area contributed by atoms with Gasteiger partial charge in [-0.1, -0.05) is 42.5 Å². The summed E-state index contributed by atoms with van der Waals surface area (Å²) in [7, 11) is 0. The van der Waals surface area contributed by atoms with Gasteiger partial charge in [0.25, 0.3) is 0 Å². The summed E-state index contributed by atoms with van der Waals surface area (Å²) in [5.74, 6) is -0.0760. The first-order chi connectivity index (χ1) is 14.7. The lowest BCUT2D eigenvalue weighted by molar-refractivity contribution is -0.125. The Kier molecular flexibility index (Phi) is 6.77. The van der Waals surface area contributed by atoms with E-state index in [-0.39, 0.29) is 24.3 Å². The molecule has 2 fully saturated rings. The molecule has 2 amide bonds. The summed E-state index contributed by atoms with van der Waals surface area (Å²) in [5.41, 5.74) is 3.37. The van der Waals surface area contributed by atoms with Crippen LogP contribution in [0.25, 0.3) is 0 Å². The number of carbonyl (C=O) groups excluding carboxylic acids is 2. The number of amides is 2. The fourth-order valence-electron chi connectivity index (χ4n) is 3.76. The van der Waals surface area contributed by atoms with Crippen LogP contribution in [-0.2, 0) is 22.7 Å². The molecule has 0 aromatic heterocycles. The van der Waals surface area contributed by atoms with Crippen LogP contribution in [-0.4, -0.2) is 54.3 Å². The second-order valence-corrected chi connectivity index (χ2v) is 8.28. The molecule has 2 aliphatic rings. The Bertz CT molecular complexity index is 841. The minimum Gasteiger partial charge on any atom is -0.347 e. The van der Waals surface area contributed by atoms with Gasteiger partial charge in [0.2, 0.25) is 11.8 Å². The predicted molar refractivity (Wildman–Crippen MR) is 118 cm³/mol. The van der Waals surface area contributed by atoms with Crippen LogP contribution in [0.15, 0.2) is 54.6 Å². The molecule has 1 heterocycles. The molecule has 0 unspecified atom stereocenters.